The monoisotopic (exact) mass is 321 g/mol. The van der Waals surface area contributed by atoms with Crippen LogP contribution in [0, 0.1) is 13.8 Å². The second-order valence-corrected chi connectivity index (χ2v) is 5.83. The lowest BCUT2D eigenvalue weighted by Crippen LogP contribution is -2.36. The molecule has 0 amide bonds. The third-order valence-electron chi connectivity index (χ3n) is 4.11. The van der Waals surface area contributed by atoms with Gasteiger partial charge in [-0.1, -0.05) is 30.3 Å². The largest absolute Gasteiger partial charge is 0.352 e. The quantitative estimate of drug-likeness (QED) is 0.574. The van der Waals surface area contributed by atoms with E-state index in [0.717, 1.165) is 23.8 Å². The third kappa shape index (κ3) is 3.56. The van der Waals surface area contributed by atoms with Crippen molar-refractivity contribution < 1.29 is 0 Å². The summed E-state index contributed by atoms with van der Waals surface area (Å²) in [6.45, 7) is 5.58. The van der Waals surface area contributed by atoms with Crippen LogP contribution < -0.4 is 10.6 Å². The molecule has 5 nitrogen and oxygen atoms in total. The Morgan fingerprint density at radius 3 is 2.58 bits per heavy atom. The summed E-state index contributed by atoms with van der Waals surface area (Å²) in [7, 11) is 1.78. The number of aryl methyl sites for hydroxylation is 2. The van der Waals surface area contributed by atoms with Crippen LogP contribution >= 0.6 is 0 Å². The third-order valence-corrected chi connectivity index (χ3v) is 4.11. The first-order chi connectivity index (χ1) is 11.7. The van der Waals surface area contributed by atoms with Crippen LogP contribution in [-0.4, -0.2) is 22.4 Å². The standard InChI is InChI=1S/C19H23N5/c1-14-7-4-5-9-16(14)11-21-19(20-3)22-12-17-13-24-15(2)8-6-10-18(24)23-17/h4-10,13H,11-12H2,1-3H3,(H2,20,21,22). The number of aromatic nitrogens is 2. The molecule has 0 bridgehead atoms. The SMILES string of the molecule is CN=C(NCc1cn2c(C)cccc2n1)NCc1ccccc1C. The summed E-state index contributed by atoms with van der Waals surface area (Å²) in [5.74, 6) is 0.770. The zero-order valence-electron chi connectivity index (χ0n) is 14.4. The molecule has 1 aromatic carbocycles. The highest BCUT2D eigenvalue weighted by molar-refractivity contribution is 5.79. The second kappa shape index (κ2) is 7.17. The highest BCUT2D eigenvalue weighted by Gasteiger charge is 2.05. The lowest BCUT2D eigenvalue weighted by molar-refractivity contribution is 0.796. The van der Waals surface area contributed by atoms with Crippen LogP contribution in [0.15, 0.2) is 53.7 Å². The van der Waals surface area contributed by atoms with Gasteiger partial charge in [0, 0.05) is 25.5 Å². The molecule has 124 valence electrons. The molecule has 2 N–H and O–H groups in total. The molecule has 0 radical (unpaired) electrons. The first-order valence-electron chi connectivity index (χ1n) is 8.10. The van der Waals surface area contributed by atoms with Gasteiger partial charge < -0.3 is 15.0 Å². The van der Waals surface area contributed by atoms with Crippen molar-refractivity contribution in [2.75, 3.05) is 7.05 Å². The normalized spacial score (nSPS) is 11.7. The molecular formula is C19H23N5. The summed E-state index contributed by atoms with van der Waals surface area (Å²) in [6.07, 6.45) is 2.06. The lowest BCUT2D eigenvalue weighted by Gasteiger charge is -2.12. The van der Waals surface area contributed by atoms with Gasteiger partial charge in [-0.25, -0.2) is 4.98 Å². The topological polar surface area (TPSA) is 53.7 Å². The first kappa shape index (κ1) is 16.1. The first-order valence-corrected chi connectivity index (χ1v) is 8.10. The number of nitrogens with one attached hydrogen (secondary N) is 2. The zero-order valence-corrected chi connectivity index (χ0v) is 14.4. The molecule has 0 aliphatic rings. The van der Waals surface area contributed by atoms with Crippen molar-refractivity contribution in [1.29, 1.82) is 0 Å². The number of rotatable bonds is 4. The van der Waals surface area contributed by atoms with E-state index in [1.54, 1.807) is 7.05 Å². The van der Waals surface area contributed by atoms with E-state index in [4.69, 9.17) is 0 Å². The number of aliphatic imine (C=N–C) groups is 1. The maximum atomic E-state index is 4.63. The number of hydrogen-bond acceptors (Lipinski definition) is 2. The highest BCUT2D eigenvalue weighted by atomic mass is 15.2. The van der Waals surface area contributed by atoms with E-state index < -0.39 is 0 Å². The Balaban J connectivity index is 1.61. The van der Waals surface area contributed by atoms with Gasteiger partial charge in [0.05, 0.1) is 12.2 Å². The molecule has 0 fully saturated rings. The van der Waals surface area contributed by atoms with Crippen molar-refractivity contribution in [2.24, 2.45) is 4.99 Å². The van der Waals surface area contributed by atoms with E-state index in [9.17, 15) is 0 Å². The van der Waals surface area contributed by atoms with E-state index in [0.29, 0.717) is 6.54 Å². The summed E-state index contributed by atoms with van der Waals surface area (Å²) in [5.41, 5.74) is 5.67. The molecule has 0 spiro atoms. The molecule has 0 atom stereocenters. The molecule has 0 saturated heterocycles. The maximum Gasteiger partial charge on any atom is 0.191 e. The average molecular weight is 321 g/mol. The van der Waals surface area contributed by atoms with Crippen molar-refractivity contribution in [1.82, 2.24) is 20.0 Å². The molecule has 0 unspecified atom stereocenters. The number of fused-ring (bicyclic) bond motifs is 1. The molecule has 0 aliphatic carbocycles. The van der Waals surface area contributed by atoms with E-state index in [1.807, 2.05) is 12.1 Å². The summed E-state index contributed by atoms with van der Waals surface area (Å²) in [6, 6.07) is 14.5. The van der Waals surface area contributed by atoms with Crippen molar-refractivity contribution in [2.45, 2.75) is 26.9 Å². The Labute approximate surface area is 142 Å². The smallest absolute Gasteiger partial charge is 0.191 e. The van der Waals surface area contributed by atoms with Crippen LogP contribution in [0.5, 0.6) is 0 Å². The number of pyridine rings is 1. The number of benzene rings is 1. The molecule has 24 heavy (non-hydrogen) atoms. The van der Waals surface area contributed by atoms with E-state index in [-0.39, 0.29) is 0 Å². The molecule has 0 aliphatic heterocycles. The van der Waals surface area contributed by atoms with Gasteiger partial charge >= 0.3 is 0 Å². The van der Waals surface area contributed by atoms with Gasteiger partial charge in [-0.3, -0.25) is 4.99 Å². The average Bonchev–Trinajstić information content (AvgIpc) is 3.01. The Morgan fingerprint density at radius 1 is 1.04 bits per heavy atom. The van der Waals surface area contributed by atoms with E-state index >= 15 is 0 Å². The van der Waals surface area contributed by atoms with Gasteiger partial charge in [-0.05, 0) is 37.1 Å². The van der Waals surface area contributed by atoms with Crippen LogP contribution in [0.3, 0.4) is 0 Å². The predicted octanol–water partition coefficient (Wildman–Crippen LogP) is 2.82. The summed E-state index contributed by atoms with van der Waals surface area (Å²) < 4.78 is 2.10. The van der Waals surface area contributed by atoms with Gasteiger partial charge in [0.2, 0.25) is 0 Å². The number of nitrogens with zero attached hydrogens (tertiary/aromatic N) is 3. The second-order valence-electron chi connectivity index (χ2n) is 5.83. The minimum atomic E-state index is 0.633. The molecule has 2 heterocycles. The van der Waals surface area contributed by atoms with Gasteiger partial charge in [0.15, 0.2) is 5.96 Å². The van der Waals surface area contributed by atoms with Crippen LogP contribution in [0.2, 0.25) is 0 Å². The number of hydrogen-bond donors (Lipinski definition) is 2. The molecule has 3 aromatic rings. The van der Waals surface area contributed by atoms with Crippen molar-refractivity contribution >= 4 is 11.6 Å². The van der Waals surface area contributed by atoms with E-state index in [1.165, 1.54) is 16.8 Å². The maximum absolute atomic E-state index is 4.63. The Hall–Kier alpha value is -2.82. The summed E-state index contributed by atoms with van der Waals surface area (Å²) in [5, 5.41) is 6.67. The van der Waals surface area contributed by atoms with Gasteiger partial charge in [0.25, 0.3) is 0 Å². The number of guanidine groups is 1. The van der Waals surface area contributed by atoms with Crippen molar-refractivity contribution in [3.8, 4) is 0 Å². The fourth-order valence-electron chi connectivity index (χ4n) is 2.67. The highest BCUT2D eigenvalue weighted by Crippen LogP contribution is 2.08. The fraction of sp³-hybridized carbons (Fsp3) is 0.263. The molecule has 5 heteroatoms. The summed E-state index contributed by atoms with van der Waals surface area (Å²) >= 11 is 0. The lowest BCUT2D eigenvalue weighted by atomic mass is 10.1. The number of imidazole rings is 1. The van der Waals surface area contributed by atoms with E-state index in [2.05, 4.69) is 75.4 Å². The minimum absolute atomic E-state index is 0.633. The van der Waals surface area contributed by atoms with Crippen LogP contribution in [0.4, 0.5) is 0 Å². The van der Waals surface area contributed by atoms with Crippen LogP contribution in [0.1, 0.15) is 22.5 Å². The van der Waals surface area contributed by atoms with Gasteiger partial charge in [-0.2, -0.15) is 0 Å². The zero-order chi connectivity index (χ0) is 16.9. The Bertz CT molecular complexity index is 863. The fourth-order valence-corrected chi connectivity index (χ4v) is 2.67. The van der Waals surface area contributed by atoms with Gasteiger partial charge in [0.1, 0.15) is 5.65 Å². The Kier molecular flexibility index (Phi) is 4.79. The van der Waals surface area contributed by atoms with Gasteiger partial charge in [-0.15, -0.1) is 0 Å². The molecule has 3 rings (SSSR count). The van der Waals surface area contributed by atoms with Crippen LogP contribution in [0.25, 0.3) is 5.65 Å². The van der Waals surface area contributed by atoms with Crippen molar-refractivity contribution in [3.63, 3.8) is 0 Å². The molecule has 2 aromatic heterocycles. The molecule has 0 saturated carbocycles. The van der Waals surface area contributed by atoms with Crippen molar-refractivity contribution in [3.05, 3.63) is 71.2 Å². The summed E-state index contributed by atoms with van der Waals surface area (Å²) in [4.78, 5) is 8.91. The predicted molar refractivity (Wildman–Crippen MR) is 98.1 cm³/mol. The Morgan fingerprint density at radius 2 is 1.83 bits per heavy atom. The molecular weight excluding hydrogens is 298 g/mol. The van der Waals surface area contributed by atoms with Crippen LogP contribution in [-0.2, 0) is 13.1 Å². The minimum Gasteiger partial charge on any atom is -0.352 e.